The van der Waals surface area contributed by atoms with Crippen LogP contribution in [0.3, 0.4) is 0 Å². The van der Waals surface area contributed by atoms with E-state index in [1.54, 1.807) is 70.6 Å². The van der Waals surface area contributed by atoms with Crippen molar-refractivity contribution in [2.75, 3.05) is 107 Å². The number of aliphatic hydroxyl groups excluding tert-OH is 2. The molecule has 0 radical (unpaired) electrons. The number of carbonyl (C=O) groups is 3. The number of aliphatic hydroxyl groups is 2. The third-order valence-corrected chi connectivity index (χ3v) is 26.2. The van der Waals surface area contributed by atoms with Crippen molar-refractivity contribution in [3.8, 4) is 0 Å². The van der Waals surface area contributed by atoms with Gasteiger partial charge in [0.05, 0.1) is 34.2 Å². The molecule has 0 aromatic heterocycles. The highest BCUT2D eigenvalue weighted by Crippen LogP contribution is 2.26. The molecule has 6 nitrogen and oxygen atoms in total. The average molecular weight is 992 g/mol. The molecule has 0 aliphatic heterocycles. The first kappa shape index (κ1) is 52.0. The topological polar surface area (TPSA) is 109 Å². The first-order valence-corrected chi connectivity index (χ1v) is 33.7. The van der Waals surface area contributed by atoms with Gasteiger partial charge in [-0.25, -0.2) is 0 Å². The van der Waals surface area contributed by atoms with E-state index in [9.17, 15) is 18.6 Å². The summed E-state index contributed by atoms with van der Waals surface area (Å²) >= 11 is 28.0. The van der Waals surface area contributed by atoms with E-state index < -0.39 is 10.8 Å². The standard InChI is InChI=1S/C23H42O6S18/c24-6-34-17-44-21(26)3-31-9-37-12-36-8-30-1-2-47(29)20-43-16-41-14-40-15-42-19-46-23(28)5-33-11-39-13-38-10-32-4-22(27)45-18-35-7-25/h24-25H,1-20H2. The van der Waals surface area contributed by atoms with Gasteiger partial charge in [-0.05, 0) is 0 Å². The van der Waals surface area contributed by atoms with Gasteiger partial charge < -0.3 is 10.2 Å². The molecule has 1 unspecified atom stereocenters. The fraction of sp³-hybridized carbons (Fsp3) is 0.870. The summed E-state index contributed by atoms with van der Waals surface area (Å²) in [6, 6.07) is 0. The highest BCUT2D eigenvalue weighted by molar-refractivity contribution is 8.31. The second-order valence-electron chi connectivity index (χ2n) is 7.48. The van der Waals surface area contributed by atoms with Gasteiger partial charge in [-0.15, -0.1) is 153 Å². The van der Waals surface area contributed by atoms with E-state index in [2.05, 4.69) is 0 Å². The third kappa shape index (κ3) is 43.6. The van der Waals surface area contributed by atoms with E-state index in [1.165, 1.54) is 58.8 Å². The quantitative estimate of drug-likeness (QED) is 0.0456. The lowest BCUT2D eigenvalue weighted by molar-refractivity contribution is -0.109. The number of rotatable bonds is 37. The second kappa shape index (κ2) is 43.8. The molecule has 0 fully saturated rings. The zero-order valence-electron chi connectivity index (χ0n) is 25.5. The Kier molecular flexibility index (Phi) is 48.4. The molecule has 0 amide bonds. The van der Waals surface area contributed by atoms with Gasteiger partial charge in [0.15, 0.2) is 15.3 Å². The number of carbonyl (C=O) groups excluding carboxylic acids is 3. The van der Waals surface area contributed by atoms with E-state index in [-0.39, 0.29) is 27.2 Å². The van der Waals surface area contributed by atoms with E-state index >= 15 is 0 Å². The Bertz CT molecular complexity index is 774. The predicted molar refractivity (Wildman–Crippen MR) is 254 cm³/mol. The summed E-state index contributed by atoms with van der Waals surface area (Å²) in [7, 11) is -0.770. The summed E-state index contributed by atoms with van der Waals surface area (Å²) in [4.78, 5) is 35.3. The van der Waals surface area contributed by atoms with Crippen LogP contribution in [0.1, 0.15) is 0 Å². The van der Waals surface area contributed by atoms with Crippen molar-refractivity contribution in [3.63, 3.8) is 0 Å². The fourth-order valence-electron chi connectivity index (χ4n) is 2.06. The third-order valence-electron chi connectivity index (χ3n) is 3.92. The van der Waals surface area contributed by atoms with Gasteiger partial charge in [0.2, 0.25) is 0 Å². The molecule has 0 aliphatic rings. The Balaban J connectivity index is 3.31. The predicted octanol–water partition coefficient (Wildman–Crippen LogP) is 9.13. The SMILES string of the molecule is O=C(CSCSCSCSCCS(=O)CSCSCSCSCSC(=O)CSCSCSCSCC(=O)SCSCO)SCSCO. The molecule has 47 heavy (non-hydrogen) atoms. The van der Waals surface area contributed by atoms with E-state index in [1.807, 2.05) is 70.6 Å². The van der Waals surface area contributed by atoms with Gasteiger partial charge in [0, 0.05) is 83.3 Å². The summed E-state index contributed by atoms with van der Waals surface area (Å²) in [5.41, 5.74) is 0. The first-order chi connectivity index (χ1) is 23.0. The molecular formula is C23H42O6S18. The minimum Gasteiger partial charge on any atom is -0.386 e. The normalized spacial score (nSPS) is 12.0. The molecule has 24 heteroatoms. The average Bonchev–Trinajstić information content (AvgIpc) is 3.05. The van der Waals surface area contributed by atoms with Gasteiger partial charge in [-0.2, -0.15) is 11.8 Å². The zero-order chi connectivity index (χ0) is 34.5. The molecular weight excluding hydrogens is 949 g/mol. The first-order valence-electron chi connectivity index (χ1n) is 13.1. The smallest absolute Gasteiger partial charge is 0.199 e. The molecule has 0 aliphatic carbocycles. The van der Waals surface area contributed by atoms with Crippen molar-refractivity contribution in [1.29, 1.82) is 0 Å². The van der Waals surface area contributed by atoms with Crippen LogP contribution < -0.4 is 0 Å². The van der Waals surface area contributed by atoms with Crippen molar-refractivity contribution in [2.24, 2.45) is 0 Å². The van der Waals surface area contributed by atoms with Crippen LogP contribution in [-0.2, 0) is 25.2 Å². The lowest BCUT2D eigenvalue weighted by Crippen LogP contribution is -2.02. The monoisotopic (exact) mass is 990 g/mol. The number of thioether (sulfide) groups is 17. The molecule has 0 heterocycles. The molecule has 1 atom stereocenters. The second-order valence-corrected chi connectivity index (χ2v) is 30.8. The Labute approximate surface area is 356 Å². The fourth-order valence-corrected chi connectivity index (χ4v) is 22.7. The summed E-state index contributed by atoms with van der Waals surface area (Å²) in [5.74, 6) is 3.36. The van der Waals surface area contributed by atoms with Crippen LogP contribution in [0.2, 0.25) is 0 Å². The summed E-state index contributed by atoms with van der Waals surface area (Å²) in [6.07, 6.45) is 0. The van der Waals surface area contributed by atoms with Crippen molar-refractivity contribution in [1.82, 2.24) is 0 Å². The number of hydrogen-bond acceptors (Lipinski definition) is 23. The lowest BCUT2D eigenvalue weighted by Gasteiger charge is -2.05. The van der Waals surface area contributed by atoms with Crippen LogP contribution in [-0.4, -0.2) is 137 Å². The van der Waals surface area contributed by atoms with Crippen LogP contribution in [0.15, 0.2) is 0 Å². The lowest BCUT2D eigenvalue weighted by atomic mass is 10.9. The molecule has 278 valence electrons. The van der Waals surface area contributed by atoms with Gasteiger partial charge in [0.25, 0.3) is 0 Å². The maximum atomic E-state index is 12.2. The molecule has 0 saturated heterocycles. The molecule has 0 saturated carbocycles. The van der Waals surface area contributed by atoms with Crippen molar-refractivity contribution in [3.05, 3.63) is 0 Å². The minimum absolute atomic E-state index is 0.0537. The number of hydrogen-bond donors (Lipinski definition) is 2. The maximum Gasteiger partial charge on any atom is 0.199 e. The molecule has 0 aromatic carbocycles. The van der Waals surface area contributed by atoms with Crippen LogP contribution >= 0.6 is 200 Å². The van der Waals surface area contributed by atoms with Crippen LogP contribution in [0, 0.1) is 0 Å². The molecule has 0 rings (SSSR count). The maximum absolute atomic E-state index is 12.2. The Morgan fingerprint density at radius 2 is 0.723 bits per heavy atom. The summed E-state index contributed by atoms with van der Waals surface area (Å²) < 4.78 is 12.2. The van der Waals surface area contributed by atoms with Gasteiger partial charge >= 0.3 is 0 Å². The Hall–Kier alpha value is 5.03. The van der Waals surface area contributed by atoms with Crippen LogP contribution in [0.5, 0.6) is 0 Å². The Morgan fingerprint density at radius 3 is 1.13 bits per heavy atom. The van der Waals surface area contributed by atoms with Crippen LogP contribution in [0.4, 0.5) is 0 Å². The van der Waals surface area contributed by atoms with Crippen molar-refractivity contribution in [2.45, 2.75) is 0 Å². The van der Waals surface area contributed by atoms with E-state index in [0.29, 0.717) is 32.5 Å². The minimum atomic E-state index is -0.770. The van der Waals surface area contributed by atoms with Crippen LogP contribution in [0.25, 0.3) is 0 Å². The zero-order valence-corrected chi connectivity index (χ0v) is 40.2. The Morgan fingerprint density at radius 1 is 0.404 bits per heavy atom. The van der Waals surface area contributed by atoms with E-state index in [0.717, 1.165) is 62.4 Å². The van der Waals surface area contributed by atoms with E-state index in [4.69, 9.17) is 10.2 Å². The molecule has 0 aromatic rings. The molecule has 2 N–H and O–H groups in total. The van der Waals surface area contributed by atoms with Gasteiger partial charge in [0.1, 0.15) is 0 Å². The summed E-state index contributed by atoms with van der Waals surface area (Å²) in [5, 5.41) is 29.3. The molecule has 0 spiro atoms. The van der Waals surface area contributed by atoms with Crippen molar-refractivity contribution < 1.29 is 28.8 Å². The highest BCUT2D eigenvalue weighted by atomic mass is 32.3. The van der Waals surface area contributed by atoms with Gasteiger partial charge in [-0.1, -0.05) is 35.3 Å². The summed E-state index contributed by atoms with van der Waals surface area (Å²) in [6.45, 7) is 0. The highest BCUT2D eigenvalue weighted by Gasteiger charge is 2.06. The van der Waals surface area contributed by atoms with Gasteiger partial charge in [-0.3, -0.25) is 18.6 Å². The molecule has 0 bridgehead atoms. The largest absolute Gasteiger partial charge is 0.386 e. The van der Waals surface area contributed by atoms with Crippen molar-refractivity contribution >= 4 is 226 Å².